The molecule has 0 spiro atoms. The van der Waals surface area contributed by atoms with Gasteiger partial charge in [-0.05, 0) is 31.2 Å². The van der Waals surface area contributed by atoms with Crippen molar-refractivity contribution in [2.75, 3.05) is 7.11 Å². The van der Waals surface area contributed by atoms with Crippen molar-refractivity contribution in [2.45, 2.75) is 11.8 Å². The number of hydrogen-bond donors (Lipinski definition) is 1. The van der Waals surface area contributed by atoms with E-state index in [1.165, 1.54) is 19.4 Å². The number of carboxylic acids is 1. The summed E-state index contributed by atoms with van der Waals surface area (Å²) in [7, 11) is -2.52. The molecule has 4 aromatic rings. The molecule has 1 N–H and O–H groups in total. The number of hydrogen-bond acceptors (Lipinski definition) is 4. The highest BCUT2D eigenvalue weighted by atomic mass is 32.2. The predicted octanol–water partition coefficient (Wildman–Crippen LogP) is 4.05. The molecule has 0 amide bonds. The maximum Gasteiger partial charge on any atom is 0.337 e. The van der Waals surface area contributed by atoms with Gasteiger partial charge in [-0.3, -0.25) is 0 Å². The van der Waals surface area contributed by atoms with E-state index in [0.29, 0.717) is 27.4 Å². The van der Waals surface area contributed by atoms with E-state index in [2.05, 4.69) is 0 Å². The van der Waals surface area contributed by atoms with Gasteiger partial charge in [-0.2, -0.15) is 0 Å². The Bertz CT molecular complexity index is 1350. The molecule has 0 saturated heterocycles. The number of aromatic carboxylic acids is 1. The van der Waals surface area contributed by atoms with Gasteiger partial charge in [-0.1, -0.05) is 35.9 Å². The largest absolute Gasteiger partial charge is 0.496 e. The molecule has 0 aliphatic rings. The number of methoxy groups -OCH3 is 1. The summed E-state index contributed by atoms with van der Waals surface area (Å²) >= 11 is 0. The third kappa shape index (κ3) is 2.63. The number of nitrogens with zero attached hydrogens (tertiary/aromatic N) is 1. The van der Waals surface area contributed by atoms with E-state index in [4.69, 9.17) is 4.74 Å². The van der Waals surface area contributed by atoms with Crippen molar-refractivity contribution in [3.05, 3.63) is 71.9 Å². The number of benzene rings is 3. The van der Waals surface area contributed by atoms with Gasteiger partial charge in [0.05, 0.1) is 23.1 Å². The lowest BCUT2D eigenvalue weighted by molar-refractivity contribution is 0.0699. The van der Waals surface area contributed by atoms with E-state index >= 15 is 0 Å². The summed E-state index contributed by atoms with van der Waals surface area (Å²) in [6.45, 7) is 1.83. The maximum absolute atomic E-state index is 13.5. The molecular formula is C21H17NO5S. The molecule has 0 aliphatic heterocycles. The molecule has 0 saturated carbocycles. The zero-order valence-electron chi connectivity index (χ0n) is 15.2. The Morgan fingerprint density at radius 2 is 1.71 bits per heavy atom. The number of fused-ring (bicyclic) bond motifs is 2. The molecule has 0 radical (unpaired) electrons. The lowest BCUT2D eigenvalue weighted by Crippen LogP contribution is -2.12. The molecule has 1 aromatic heterocycles. The van der Waals surface area contributed by atoms with Gasteiger partial charge in [0.25, 0.3) is 10.0 Å². The highest BCUT2D eigenvalue weighted by Gasteiger charge is 2.25. The SMILES string of the molecule is COc1ccc(S(=O)(=O)n2cc(C(=O)O)c3cc(C)ccc32)c2ccccc12. The smallest absolute Gasteiger partial charge is 0.337 e. The second kappa shape index (κ2) is 6.38. The monoisotopic (exact) mass is 395 g/mol. The van der Waals surface area contributed by atoms with Gasteiger partial charge in [0.15, 0.2) is 0 Å². The summed E-state index contributed by atoms with van der Waals surface area (Å²) in [5.41, 5.74) is 1.11. The van der Waals surface area contributed by atoms with Gasteiger partial charge < -0.3 is 9.84 Å². The number of aromatic nitrogens is 1. The fraction of sp³-hybridized carbons (Fsp3) is 0.0952. The molecule has 0 fully saturated rings. The van der Waals surface area contributed by atoms with Crippen LogP contribution in [0.2, 0.25) is 0 Å². The number of rotatable bonds is 4. The van der Waals surface area contributed by atoms with Crippen LogP contribution in [-0.2, 0) is 10.0 Å². The molecule has 28 heavy (non-hydrogen) atoms. The van der Waals surface area contributed by atoms with Crippen LogP contribution in [0.25, 0.3) is 21.7 Å². The van der Waals surface area contributed by atoms with Crippen molar-refractivity contribution >= 4 is 37.7 Å². The molecule has 1 heterocycles. The summed E-state index contributed by atoms with van der Waals surface area (Å²) in [5, 5.41) is 11.1. The van der Waals surface area contributed by atoms with Crippen LogP contribution in [0, 0.1) is 6.92 Å². The van der Waals surface area contributed by atoms with Gasteiger partial charge in [0, 0.05) is 22.4 Å². The third-order valence-corrected chi connectivity index (χ3v) is 6.49. The van der Waals surface area contributed by atoms with E-state index in [-0.39, 0.29) is 10.5 Å². The van der Waals surface area contributed by atoms with Crippen LogP contribution in [-0.4, -0.2) is 30.6 Å². The normalized spacial score (nSPS) is 11.8. The number of aryl methyl sites for hydroxylation is 1. The Morgan fingerprint density at radius 1 is 1.00 bits per heavy atom. The first-order valence-electron chi connectivity index (χ1n) is 8.51. The second-order valence-corrected chi connectivity index (χ2v) is 8.26. The number of ether oxygens (including phenoxy) is 1. The van der Waals surface area contributed by atoms with Gasteiger partial charge in [-0.15, -0.1) is 0 Å². The van der Waals surface area contributed by atoms with Crippen LogP contribution >= 0.6 is 0 Å². The quantitative estimate of drug-likeness (QED) is 0.563. The van der Waals surface area contributed by atoms with Crippen molar-refractivity contribution in [3.8, 4) is 5.75 Å². The van der Waals surface area contributed by atoms with E-state index in [9.17, 15) is 18.3 Å². The van der Waals surface area contributed by atoms with Crippen LogP contribution in [0.1, 0.15) is 15.9 Å². The molecule has 142 valence electrons. The van der Waals surface area contributed by atoms with Crippen molar-refractivity contribution in [3.63, 3.8) is 0 Å². The van der Waals surface area contributed by atoms with Gasteiger partial charge in [-0.25, -0.2) is 17.2 Å². The summed E-state index contributed by atoms with van der Waals surface area (Å²) in [5.74, 6) is -0.613. The van der Waals surface area contributed by atoms with Gasteiger partial charge in [0.1, 0.15) is 5.75 Å². The Balaban J connectivity index is 2.06. The van der Waals surface area contributed by atoms with Crippen molar-refractivity contribution in [1.82, 2.24) is 3.97 Å². The minimum absolute atomic E-state index is 0.0555. The lowest BCUT2D eigenvalue weighted by Gasteiger charge is -2.12. The van der Waals surface area contributed by atoms with Crippen LogP contribution in [0.3, 0.4) is 0 Å². The Labute approximate surface area is 161 Å². The Morgan fingerprint density at radius 3 is 2.39 bits per heavy atom. The van der Waals surface area contributed by atoms with E-state index in [1.54, 1.807) is 48.5 Å². The first-order valence-corrected chi connectivity index (χ1v) is 9.95. The average Bonchev–Trinajstić information content (AvgIpc) is 3.06. The Kier molecular flexibility index (Phi) is 4.12. The predicted molar refractivity (Wildman–Crippen MR) is 107 cm³/mol. The van der Waals surface area contributed by atoms with Crippen molar-refractivity contribution in [1.29, 1.82) is 0 Å². The summed E-state index contributed by atoms with van der Waals surface area (Å²) in [6, 6.07) is 15.2. The van der Waals surface area contributed by atoms with Crippen LogP contribution < -0.4 is 4.74 Å². The summed E-state index contributed by atoms with van der Waals surface area (Å²) in [4.78, 5) is 11.8. The number of carbonyl (C=O) groups is 1. The van der Waals surface area contributed by atoms with E-state index < -0.39 is 16.0 Å². The molecule has 0 unspecified atom stereocenters. The minimum Gasteiger partial charge on any atom is -0.496 e. The maximum atomic E-state index is 13.5. The van der Waals surface area contributed by atoms with Crippen LogP contribution in [0.5, 0.6) is 5.75 Å². The molecule has 4 rings (SSSR count). The van der Waals surface area contributed by atoms with Crippen molar-refractivity contribution < 1.29 is 23.1 Å². The van der Waals surface area contributed by atoms with Crippen molar-refractivity contribution in [2.24, 2.45) is 0 Å². The highest BCUT2D eigenvalue weighted by molar-refractivity contribution is 7.90. The van der Waals surface area contributed by atoms with Gasteiger partial charge >= 0.3 is 5.97 Å². The van der Waals surface area contributed by atoms with E-state index in [1.807, 2.05) is 6.92 Å². The third-order valence-electron chi connectivity index (χ3n) is 4.76. The zero-order valence-corrected chi connectivity index (χ0v) is 16.0. The number of carboxylic acid groups (broad SMARTS) is 1. The molecule has 0 bridgehead atoms. The fourth-order valence-corrected chi connectivity index (χ4v) is 5.01. The first kappa shape index (κ1) is 18.1. The second-order valence-electron chi connectivity index (χ2n) is 6.48. The molecular weight excluding hydrogens is 378 g/mol. The Hall–Kier alpha value is -3.32. The lowest BCUT2D eigenvalue weighted by atomic mass is 10.1. The molecule has 6 nitrogen and oxygen atoms in total. The summed E-state index contributed by atoms with van der Waals surface area (Å²) in [6.07, 6.45) is 1.17. The van der Waals surface area contributed by atoms with Gasteiger partial charge in [0.2, 0.25) is 0 Å². The fourth-order valence-electron chi connectivity index (χ4n) is 3.44. The molecule has 3 aromatic carbocycles. The molecule has 0 atom stereocenters. The standard InChI is InChI=1S/C21H17NO5S/c1-13-7-8-18-16(11-13)17(21(23)24)12-22(18)28(25,26)20-10-9-19(27-2)14-5-3-4-6-15(14)20/h3-12H,1-2H3,(H,23,24). The zero-order chi connectivity index (χ0) is 20.1. The minimum atomic E-state index is -4.04. The molecule has 0 aliphatic carbocycles. The average molecular weight is 395 g/mol. The topological polar surface area (TPSA) is 85.6 Å². The van der Waals surface area contributed by atoms with E-state index in [0.717, 1.165) is 9.54 Å². The van der Waals surface area contributed by atoms with Crippen LogP contribution in [0.15, 0.2) is 65.7 Å². The highest BCUT2D eigenvalue weighted by Crippen LogP contribution is 2.34. The molecule has 7 heteroatoms. The van der Waals surface area contributed by atoms with Crippen LogP contribution in [0.4, 0.5) is 0 Å². The first-order chi connectivity index (χ1) is 13.3. The summed E-state index contributed by atoms with van der Waals surface area (Å²) < 4.78 is 33.4.